The van der Waals surface area contributed by atoms with E-state index in [4.69, 9.17) is 0 Å². The third-order valence-electron chi connectivity index (χ3n) is 5.26. The number of likely N-dealkylation sites (N-methyl/N-ethyl adjacent to an activating group) is 1. The summed E-state index contributed by atoms with van der Waals surface area (Å²) in [5, 5.41) is 13.8. The summed E-state index contributed by atoms with van der Waals surface area (Å²) in [4.78, 5) is 4.85. The van der Waals surface area contributed by atoms with Gasteiger partial charge in [-0.15, -0.1) is 0 Å². The van der Waals surface area contributed by atoms with Gasteiger partial charge >= 0.3 is 0 Å². The normalized spacial score (nSPS) is 33.6. The standard InChI is InChI=1S/C18H29N3O/c1-14-8-16(12-20(14)2)19-10-17-9-18(22)13-21(17)11-15-6-4-3-5-7-15/h3-7,14,16-19,22H,8-13H2,1-2H3/t14-,16+,17+,18-/m1/s1. The molecule has 0 aromatic heterocycles. The molecule has 2 fully saturated rings. The van der Waals surface area contributed by atoms with E-state index in [2.05, 4.69) is 59.4 Å². The Morgan fingerprint density at radius 3 is 2.64 bits per heavy atom. The maximum Gasteiger partial charge on any atom is 0.0682 e. The molecule has 2 N–H and O–H groups in total. The zero-order valence-electron chi connectivity index (χ0n) is 13.8. The van der Waals surface area contributed by atoms with Crippen molar-refractivity contribution in [2.45, 2.75) is 50.5 Å². The average molecular weight is 303 g/mol. The summed E-state index contributed by atoms with van der Waals surface area (Å²) in [6.45, 7) is 6.14. The molecule has 4 nitrogen and oxygen atoms in total. The van der Waals surface area contributed by atoms with Crippen molar-refractivity contribution in [2.24, 2.45) is 0 Å². The molecule has 4 atom stereocenters. The van der Waals surface area contributed by atoms with Gasteiger partial charge in [-0.1, -0.05) is 30.3 Å². The van der Waals surface area contributed by atoms with Crippen LogP contribution >= 0.6 is 0 Å². The van der Waals surface area contributed by atoms with Gasteiger partial charge in [0.1, 0.15) is 0 Å². The molecule has 0 radical (unpaired) electrons. The van der Waals surface area contributed by atoms with Crippen LogP contribution in [0.25, 0.3) is 0 Å². The maximum absolute atomic E-state index is 10.0. The molecular formula is C18H29N3O. The lowest BCUT2D eigenvalue weighted by atomic mass is 10.1. The van der Waals surface area contributed by atoms with Gasteiger partial charge in [-0.2, -0.15) is 0 Å². The minimum Gasteiger partial charge on any atom is -0.392 e. The van der Waals surface area contributed by atoms with Gasteiger partial charge in [-0.25, -0.2) is 0 Å². The van der Waals surface area contributed by atoms with Crippen LogP contribution in [0.2, 0.25) is 0 Å². The molecule has 0 amide bonds. The van der Waals surface area contributed by atoms with Crippen molar-refractivity contribution >= 4 is 0 Å². The van der Waals surface area contributed by atoms with E-state index < -0.39 is 0 Å². The summed E-state index contributed by atoms with van der Waals surface area (Å²) < 4.78 is 0. The van der Waals surface area contributed by atoms with Crippen LogP contribution in [0, 0.1) is 0 Å². The lowest BCUT2D eigenvalue weighted by molar-refractivity contribution is 0.172. The summed E-state index contributed by atoms with van der Waals surface area (Å²) in [5.41, 5.74) is 1.33. The Balaban J connectivity index is 1.52. The third kappa shape index (κ3) is 3.87. The predicted molar refractivity (Wildman–Crippen MR) is 89.8 cm³/mol. The van der Waals surface area contributed by atoms with Crippen LogP contribution in [-0.2, 0) is 6.54 Å². The number of aliphatic hydroxyl groups excluding tert-OH is 1. The van der Waals surface area contributed by atoms with Crippen LogP contribution < -0.4 is 5.32 Å². The average Bonchev–Trinajstić information content (AvgIpc) is 3.00. The number of rotatable bonds is 5. The SMILES string of the molecule is C[C@@H]1C[C@H](NC[C@@H]2C[C@@H](O)CN2Cc2ccccc2)CN1C. The first-order chi connectivity index (χ1) is 10.6. The second-order valence-electron chi connectivity index (χ2n) is 7.09. The molecule has 2 aliphatic rings. The van der Waals surface area contributed by atoms with E-state index in [-0.39, 0.29) is 6.10 Å². The van der Waals surface area contributed by atoms with Crippen molar-refractivity contribution in [3.05, 3.63) is 35.9 Å². The number of hydrogen-bond acceptors (Lipinski definition) is 4. The predicted octanol–water partition coefficient (Wildman–Crippen LogP) is 1.30. The van der Waals surface area contributed by atoms with Crippen molar-refractivity contribution in [3.63, 3.8) is 0 Å². The highest BCUT2D eigenvalue weighted by Gasteiger charge is 2.32. The summed E-state index contributed by atoms with van der Waals surface area (Å²) in [5.74, 6) is 0. The van der Waals surface area contributed by atoms with Gasteiger partial charge in [0.05, 0.1) is 6.10 Å². The molecule has 2 saturated heterocycles. The first kappa shape index (κ1) is 15.9. The molecule has 4 heteroatoms. The summed E-state index contributed by atoms with van der Waals surface area (Å²) in [7, 11) is 2.20. The number of aliphatic hydroxyl groups is 1. The van der Waals surface area contributed by atoms with Crippen LogP contribution in [0.4, 0.5) is 0 Å². The van der Waals surface area contributed by atoms with Crippen LogP contribution in [0.3, 0.4) is 0 Å². The highest BCUT2D eigenvalue weighted by molar-refractivity contribution is 5.15. The monoisotopic (exact) mass is 303 g/mol. The Morgan fingerprint density at radius 1 is 1.18 bits per heavy atom. The van der Waals surface area contributed by atoms with E-state index in [1.165, 1.54) is 12.0 Å². The van der Waals surface area contributed by atoms with Gasteiger partial charge in [0, 0.05) is 44.3 Å². The quantitative estimate of drug-likeness (QED) is 0.860. The second kappa shape index (κ2) is 7.09. The molecule has 1 aromatic carbocycles. The van der Waals surface area contributed by atoms with E-state index in [0.29, 0.717) is 18.1 Å². The van der Waals surface area contributed by atoms with Crippen molar-refractivity contribution in [1.82, 2.24) is 15.1 Å². The zero-order valence-corrected chi connectivity index (χ0v) is 13.8. The minimum absolute atomic E-state index is 0.180. The van der Waals surface area contributed by atoms with Crippen molar-refractivity contribution in [2.75, 3.05) is 26.7 Å². The lowest BCUT2D eigenvalue weighted by Crippen LogP contribution is -2.42. The molecule has 0 bridgehead atoms. The van der Waals surface area contributed by atoms with Crippen LogP contribution in [0.1, 0.15) is 25.3 Å². The Hall–Kier alpha value is -0.940. The topological polar surface area (TPSA) is 38.7 Å². The molecule has 0 spiro atoms. The number of benzene rings is 1. The maximum atomic E-state index is 10.0. The van der Waals surface area contributed by atoms with Gasteiger partial charge in [-0.05, 0) is 32.4 Å². The molecule has 1 aromatic rings. The first-order valence-electron chi connectivity index (χ1n) is 8.51. The highest BCUT2D eigenvalue weighted by Crippen LogP contribution is 2.21. The van der Waals surface area contributed by atoms with Gasteiger partial charge in [0.2, 0.25) is 0 Å². The fourth-order valence-corrected chi connectivity index (χ4v) is 3.83. The van der Waals surface area contributed by atoms with Crippen molar-refractivity contribution in [3.8, 4) is 0 Å². The van der Waals surface area contributed by atoms with E-state index in [1.54, 1.807) is 0 Å². The number of likely N-dealkylation sites (tertiary alicyclic amines) is 2. The Bertz CT molecular complexity index is 457. The van der Waals surface area contributed by atoms with E-state index >= 15 is 0 Å². The van der Waals surface area contributed by atoms with Crippen LogP contribution in [0.5, 0.6) is 0 Å². The van der Waals surface area contributed by atoms with Gasteiger partial charge in [0.15, 0.2) is 0 Å². The molecule has 0 saturated carbocycles. The number of nitrogens with one attached hydrogen (secondary N) is 1. The van der Waals surface area contributed by atoms with Crippen LogP contribution in [0.15, 0.2) is 30.3 Å². The Morgan fingerprint density at radius 2 is 1.95 bits per heavy atom. The fourth-order valence-electron chi connectivity index (χ4n) is 3.83. The summed E-state index contributed by atoms with van der Waals surface area (Å²) >= 11 is 0. The van der Waals surface area contributed by atoms with Gasteiger partial charge in [-0.3, -0.25) is 4.90 Å². The molecule has 2 aliphatic heterocycles. The summed E-state index contributed by atoms with van der Waals surface area (Å²) in [6, 6.07) is 12.3. The number of nitrogens with zero attached hydrogens (tertiary/aromatic N) is 2. The first-order valence-corrected chi connectivity index (χ1v) is 8.51. The molecule has 0 unspecified atom stereocenters. The second-order valence-corrected chi connectivity index (χ2v) is 7.09. The molecule has 122 valence electrons. The molecule has 3 rings (SSSR count). The van der Waals surface area contributed by atoms with E-state index in [0.717, 1.165) is 32.6 Å². The van der Waals surface area contributed by atoms with Crippen molar-refractivity contribution < 1.29 is 5.11 Å². The minimum atomic E-state index is -0.180. The Kier molecular flexibility index (Phi) is 5.14. The smallest absolute Gasteiger partial charge is 0.0682 e. The highest BCUT2D eigenvalue weighted by atomic mass is 16.3. The third-order valence-corrected chi connectivity index (χ3v) is 5.26. The molecule has 0 aliphatic carbocycles. The zero-order chi connectivity index (χ0) is 15.5. The molecule has 2 heterocycles. The Labute approximate surface area is 134 Å². The van der Waals surface area contributed by atoms with Gasteiger partial charge < -0.3 is 15.3 Å². The summed E-state index contributed by atoms with van der Waals surface area (Å²) in [6.07, 6.45) is 1.93. The number of hydrogen-bond donors (Lipinski definition) is 2. The van der Waals surface area contributed by atoms with E-state index in [9.17, 15) is 5.11 Å². The van der Waals surface area contributed by atoms with Crippen LogP contribution in [-0.4, -0.2) is 65.8 Å². The molecular weight excluding hydrogens is 274 g/mol. The van der Waals surface area contributed by atoms with E-state index in [1.807, 2.05) is 0 Å². The fraction of sp³-hybridized carbons (Fsp3) is 0.667. The van der Waals surface area contributed by atoms with Gasteiger partial charge in [0.25, 0.3) is 0 Å². The largest absolute Gasteiger partial charge is 0.392 e. The number of β-amino-alcohol motifs (C(OH)–C–C–N with tert-alkyl or cyclic N) is 1. The lowest BCUT2D eigenvalue weighted by Gasteiger charge is -2.26. The van der Waals surface area contributed by atoms with Crippen molar-refractivity contribution in [1.29, 1.82) is 0 Å². The molecule has 22 heavy (non-hydrogen) atoms.